The van der Waals surface area contributed by atoms with Crippen LogP contribution in [0.2, 0.25) is 0 Å². The molecular formula is C17H17N7S. The number of aromatic nitrogens is 5. The molecule has 0 atom stereocenters. The van der Waals surface area contributed by atoms with Crippen LogP contribution >= 0.6 is 11.3 Å². The van der Waals surface area contributed by atoms with Gasteiger partial charge in [0.1, 0.15) is 0 Å². The molecule has 4 aromatic rings. The Kier molecular flexibility index (Phi) is 3.30. The molecule has 0 unspecified atom stereocenters. The lowest BCUT2D eigenvalue weighted by Gasteiger charge is -2.19. The largest absolute Gasteiger partial charge is 0.354 e. The number of thiazole rings is 1. The van der Waals surface area contributed by atoms with Crippen LogP contribution in [-0.4, -0.2) is 37.7 Å². The SMILES string of the molecule is Cc1csc2nc(Nc3nc4ccccc4nc3N3CCCC3)nn12. The predicted octanol–water partition coefficient (Wildman–Crippen LogP) is 3.39. The van der Waals surface area contributed by atoms with Crippen LogP contribution in [0.5, 0.6) is 0 Å². The zero-order valence-corrected chi connectivity index (χ0v) is 14.6. The number of fused-ring (bicyclic) bond motifs is 2. The van der Waals surface area contributed by atoms with Gasteiger partial charge in [-0.3, -0.25) is 0 Å². The molecule has 0 saturated carbocycles. The summed E-state index contributed by atoms with van der Waals surface area (Å²) in [5, 5.41) is 9.87. The van der Waals surface area contributed by atoms with Crippen molar-refractivity contribution in [1.29, 1.82) is 0 Å². The van der Waals surface area contributed by atoms with E-state index in [0.717, 1.165) is 46.4 Å². The molecule has 0 aliphatic carbocycles. The number of nitrogens with one attached hydrogen (secondary N) is 1. The third-order valence-corrected chi connectivity index (χ3v) is 5.37. The molecule has 126 valence electrons. The normalized spacial score (nSPS) is 14.7. The molecule has 1 fully saturated rings. The van der Waals surface area contributed by atoms with E-state index >= 15 is 0 Å². The number of hydrogen-bond acceptors (Lipinski definition) is 7. The highest BCUT2D eigenvalue weighted by atomic mass is 32.1. The Bertz CT molecular complexity index is 1060. The summed E-state index contributed by atoms with van der Waals surface area (Å²) in [5.74, 6) is 2.16. The lowest BCUT2D eigenvalue weighted by Crippen LogP contribution is -2.21. The first kappa shape index (κ1) is 14.6. The molecule has 0 bridgehead atoms. The molecule has 0 spiro atoms. The third kappa shape index (κ3) is 2.49. The zero-order chi connectivity index (χ0) is 16.8. The Balaban J connectivity index is 1.60. The van der Waals surface area contributed by atoms with E-state index in [1.54, 1.807) is 11.3 Å². The van der Waals surface area contributed by atoms with E-state index in [0.29, 0.717) is 5.95 Å². The molecule has 8 heteroatoms. The minimum absolute atomic E-state index is 0.556. The molecule has 0 radical (unpaired) electrons. The van der Waals surface area contributed by atoms with E-state index < -0.39 is 0 Å². The van der Waals surface area contributed by atoms with Gasteiger partial charge in [0.2, 0.25) is 10.9 Å². The van der Waals surface area contributed by atoms with Crippen molar-refractivity contribution in [2.75, 3.05) is 23.3 Å². The number of aryl methyl sites for hydroxylation is 1. The van der Waals surface area contributed by atoms with E-state index in [2.05, 4.69) is 20.3 Å². The van der Waals surface area contributed by atoms with E-state index in [1.807, 2.05) is 41.1 Å². The van der Waals surface area contributed by atoms with Crippen LogP contribution in [0.3, 0.4) is 0 Å². The first-order valence-electron chi connectivity index (χ1n) is 8.37. The van der Waals surface area contributed by atoms with Crippen LogP contribution in [0.4, 0.5) is 17.6 Å². The van der Waals surface area contributed by atoms with E-state index in [4.69, 9.17) is 9.97 Å². The third-order valence-electron chi connectivity index (χ3n) is 4.43. The lowest BCUT2D eigenvalue weighted by molar-refractivity contribution is 0.926. The molecule has 25 heavy (non-hydrogen) atoms. The van der Waals surface area contributed by atoms with Gasteiger partial charge in [-0.1, -0.05) is 12.1 Å². The highest BCUT2D eigenvalue weighted by Crippen LogP contribution is 2.29. The molecule has 1 saturated heterocycles. The molecule has 1 aliphatic heterocycles. The number of para-hydroxylation sites is 2. The van der Waals surface area contributed by atoms with Crippen molar-refractivity contribution < 1.29 is 0 Å². The Hall–Kier alpha value is -2.74. The summed E-state index contributed by atoms with van der Waals surface area (Å²) in [7, 11) is 0. The fourth-order valence-electron chi connectivity index (χ4n) is 3.17. The second-order valence-corrected chi connectivity index (χ2v) is 7.05. The van der Waals surface area contributed by atoms with Crippen molar-refractivity contribution >= 4 is 44.9 Å². The van der Waals surface area contributed by atoms with Gasteiger partial charge in [-0.15, -0.1) is 16.4 Å². The molecule has 1 aliphatic rings. The second-order valence-electron chi connectivity index (χ2n) is 6.21. The number of nitrogens with zero attached hydrogens (tertiary/aromatic N) is 6. The van der Waals surface area contributed by atoms with Crippen molar-refractivity contribution in [3.63, 3.8) is 0 Å². The Morgan fingerprint density at radius 2 is 1.80 bits per heavy atom. The van der Waals surface area contributed by atoms with Crippen LogP contribution in [-0.2, 0) is 0 Å². The minimum atomic E-state index is 0.556. The van der Waals surface area contributed by atoms with Crippen LogP contribution in [0, 0.1) is 6.92 Å². The van der Waals surface area contributed by atoms with Gasteiger partial charge in [-0.25, -0.2) is 14.5 Å². The standard InChI is InChI=1S/C17H17N7S/c1-11-10-25-17-21-16(22-24(11)17)20-14-15(23-8-4-5-9-23)19-13-7-3-2-6-12(13)18-14/h2-3,6-7,10H,4-5,8-9H2,1H3,(H,18,20,22). The van der Waals surface area contributed by atoms with Crippen LogP contribution in [0.25, 0.3) is 16.0 Å². The first-order chi connectivity index (χ1) is 12.3. The smallest absolute Gasteiger partial charge is 0.249 e. The molecule has 4 heterocycles. The van der Waals surface area contributed by atoms with Gasteiger partial charge in [0.25, 0.3) is 0 Å². The van der Waals surface area contributed by atoms with Gasteiger partial charge in [-0.05, 0) is 31.9 Å². The summed E-state index contributed by atoms with van der Waals surface area (Å²) in [6, 6.07) is 7.95. The number of rotatable bonds is 3. The van der Waals surface area contributed by atoms with E-state index in [-0.39, 0.29) is 0 Å². The van der Waals surface area contributed by atoms with E-state index in [9.17, 15) is 0 Å². The Labute approximate surface area is 148 Å². The molecule has 3 aromatic heterocycles. The summed E-state index contributed by atoms with van der Waals surface area (Å²) >= 11 is 1.58. The highest BCUT2D eigenvalue weighted by molar-refractivity contribution is 7.15. The topological polar surface area (TPSA) is 71.2 Å². The van der Waals surface area contributed by atoms with Gasteiger partial charge in [0.05, 0.1) is 16.7 Å². The number of anilines is 3. The van der Waals surface area contributed by atoms with Crippen LogP contribution in [0.15, 0.2) is 29.6 Å². The monoisotopic (exact) mass is 351 g/mol. The number of benzene rings is 1. The van der Waals surface area contributed by atoms with Gasteiger partial charge < -0.3 is 10.2 Å². The predicted molar refractivity (Wildman–Crippen MR) is 99.9 cm³/mol. The summed E-state index contributed by atoms with van der Waals surface area (Å²) < 4.78 is 1.84. The fraction of sp³-hybridized carbons (Fsp3) is 0.294. The summed E-state index contributed by atoms with van der Waals surface area (Å²) in [6.45, 7) is 4.03. The summed E-state index contributed by atoms with van der Waals surface area (Å²) in [4.78, 5) is 17.3. The fourth-order valence-corrected chi connectivity index (χ4v) is 3.97. The molecule has 1 aromatic carbocycles. The average Bonchev–Trinajstić information content (AvgIpc) is 3.34. The highest BCUT2D eigenvalue weighted by Gasteiger charge is 2.20. The first-order valence-corrected chi connectivity index (χ1v) is 9.25. The molecule has 5 rings (SSSR count). The molecule has 1 N–H and O–H groups in total. The minimum Gasteiger partial charge on any atom is -0.354 e. The molecule has 7 nitrogen and oxygen atoms in total. The van der Waals surface area contributed by atoms with Crippen molar-refractivity contribution in [2.45, 2.75) is 19.8 Å². The van der Waals surface area contributed by atoms with Crippen molar-refractivity contribution in [2.24, 2.45) is 0 Å². The van der Waals surface area contributed by atoms with Gasteiger partial charge in [0.15, 0.2) is 11.6 Å². The quantitative estimate of drug-likeness (QED) is 0.610. The maximum Gasteiger partial charge on any atom is 0.249 e. The van der Waals surface area contributed by atoms with Gasteiger partial charge in [0, 0.05) is 18.5 Å². The van der Waals surface area contributed by atoms with Crippen molar-refractivity contribution in [3.05, 3.63) is 35.3 Å². The average molecular weight is 351 g/mol. The maximum atomic E-state index is 4.85. The van der Waals surface area contributed by atoms with Crippen molar-refractivity contribution in [3.8, 4) is 0 Å². The van der Waals surface area contributed by atoms with Crippen LogP contribution in [0.1, 0.15) is 18.5 Å². The summed E-state index contributed by atoms with van der Waals surface area (Å²) in [5.41, 5.74) is 2.85. The van der Waals surface area contributed by atoms with Crippen LogP contribution < -0.4 is 10.2 Å². The van der Waals surface area contributed by atoms with E-state index in [1.165, 1.54) is 12.8 Å². The maximum absolute atomic E-state index is 4.85. The lowest BCUT2D eigenvalue weighted by atomic mass is 10.3. The zero-order valence-electron chi connectivity index (χ0n) is 13.8. The summed E-state index contributed by atoms with van der Waals surface area (Å²) in [6.07, 6.45) is 2.37. The van der Waals surface area contributed by atoms with Crippen molar-refractivity contribution in [1.82, 2.24) is 24.6 Å². The Morgan fingerprint density at radius 1 is 1.04 bits per heavy atom. The Morgan fingerprint density at radius 3 is 2.56 bits per heavy atom. The second kappa shape index (κ2) is 5.66. The van der Waals surface area contributed by atoms with Gasteiger partial charge >= 0.3 is 0 Å². The van der Waals surface area contributed by atoms with Gasteiger partial charge in [-0.2, -0.15) is 4.98 Å². The molecule has 0 amide bonds. The molecular weight excluding hydrogens is 334 g/mol. The number of hydrogen-bond donors (Lipinski definition) is 1.